The number of aryl methyl sites for hydroxylation is 1. The van der Waals surface area contributed by atoms with E-state index in [9.17, 15) is 0 Å². The van der Waals surface area contributed by atoms with Gasteiger partial charge in [0.1, 0.15) is 5.52 Å². The molecule has 4 rings (SSSR count). The van der Waals surface area contributed by atoms with Gasteiger partial charge in [0.05, 0.1) is 0 Å². The third-order valence-corrected chi connectivity index (χ3v) is 4.10. The van der Waals surface area contributed by atoms with Crippen molar-refractivity contribution in [2.75, 3.05) is 5.32 Å². The molecule has 0 amide bonds. The zero-order valence-corrected chi connectivity index (χ0v) is 13.5. The number of hydrogen-bond acceptors (Lipinski definition) is 3. The number of fused-ring (bicyclic) bond motifs is 1. The van der Waals surface area contributed by atoms with Crippen molar-refractivity contribution < 1.29 is 4.42 Å². The maximum absolute atomic E-state index is 5.91. The van der Waals surface area contributed by atoms with Crippen LogP contribution in [0.1, 0.15) is 11.1 Å². The molecule has 0 saturated carbocycles. The topological polar surface area (TPSA) is 38.1 Å². The Kier molecular flexibility index (Phi) is 3.75. The molecule has 0 bridgehead atoms. The largest absolute Gasteiger partial charge is 0.436 e. The van der Waals surface area contributed by atoms with Gasteiger partial charge in [-0.05, 0) is 42.3 Å². The van der Waals surface area contributed by atoms with E-state index in [0.717, 1.165) is 34.5 Å². The summed E-state index contributed by atoms with van der Waals surface area (Å²) in [7, 11) is 0. The monoisotopic (exact) mass is 314 g/mol. The molecule has 118 valence electrons. The fraction of sp³-hybridized carbons (Fsp3) is 0.0952. The Morgan fingerprint density at radius 3 is 2.54 bits per heavy atom. The Bertz CT molecular complexity index is 973. The average molecular weight is 314 g/mol. The summed E-state index contributed by atoms with van der Waals surface area (Å²) in [5, 5.41) is 3.43. The summed E-state index contributed by atoms with van der Waals surface area (Å²) < 4.78 is 5.91. The number of nitrogens with zero attached hydrogens (tertiary/aromatic N) is 1. The van der Waals surface area contributed by atoms with Crippen LogP contribution in [0.15, 0.2) is 77.2 Å². The van der Waals surface area contributed by atoms with Gasteiger partial charge in [0.15, 0.2) is 5.58 Å². The molecule has 0 aliphatic heterocycles. The zero-order chi connectivity index (χ0) is 16.4. The molecule has 0 radical (unpaired) electrons. The van der Waals surface area contributed by atoms with Crippen LogP contribution < -0.4 is 5.32 Å². The van der Waals surface area contributed by atoms with Gasteiger partial charge in [-0.15, -0.1) is 0 Å². The van der Waals surface area contributed by atoms with Crippen LogP contribution in [0, 0.1) is 6.92 Å². The molecule has 0 aliphatic rings. The van der Waals surface area contributed by atoms with Gasteiger partial charge in [-0.25, -0.2) is 4.98 Å². The molecule has 0 saturated heterocycles. The van der Waals surface area contributed by atoms with Crippen molar-refractivity contribution in [3.63, 3.8) is 0 Å². The highest BCUT2D eigenvalue weighted by Gasteiger charge is 2.10. The molecule has 3 heteroatoms. The van der Waals surface area contributed by atoms with Crippen LogP contribution in [-0.2, 0) is 6.54 Å². The van der Waals surface area contributed by atoms with Gasteiger partial charge in [0.2, 0.25) is 5.89 Å². The molecule has 0 fully saturated rings. The Morgan fingerprint density at radius 2 is 1.71 bits per heavy atom. The lowest BCUT2D eigenvalue weighted by atomic mass is 10.1. The maximum Gasteiger partial charge on any atom is 0.227 e. The Labute approximate surface area is 141 Å². The Hall–Kier alpha value is -3.07. The molecule has 0 atom stereocenters. The average Bonchev–Trinajstić information content (AvgIpc) is 3.04. The molecular weight excluding hydrogens is 296 g/mol. The van der Waals surface area contributed by atoms with E-state index in [1.807, 2.05) is 54.6 Å². The third kappa shape index (κ3) is 2.88. The summed E-state index contributed by atoms with van der Waals surface area (Å²) in [5.41, 5.74) is 6.15. The lowest BCUT2D eigenvalue weighted by molar-refractivity contribution is 0.619. The van der Waals surface area contributed by atoms with Gasteiger partial charge >= 0.3 is 0 Å². The molecule has 1 aromatic heterocycles. The predicted octanol–water partition coefficient (Wildman–Crippen LogP) is 5.42. The lowest BCUT2D eigenvalue weighted by Crippen LogP contribution is -1.98. The number of nitrogens with one attached hydrogen (secondary N) is 1. The molecule has 0 unspecified atom stereocenters. The van der Waals surface area contributed by atoms with Gasteiger partial charge in [0, 0.05) is 17.8 Å². The molecule has 3 nitrogen and oxygen atoms in total. The van der Waals surface area contributed by atoms with Gasteiger partial charge in [0.25, 0.3) is 0 Å². The van der Waals surface area contributed by atoms with E-state index in [0.29, 0.717) is 5.89 Å². The highest BCUT2D eigenvalue weighted by atomic mass is 16.3. The Balaban J connectivity index is 1.61. The molecule has 4 aromatic rings. The number of hydrogen-bond donors (Lipinski definition) is 1. The highest BCUT2D eigenvalue weighted by molar-refractivity contribution is 5.80. The van der Waals surface area contributed by atoms with E-state index in [-0.39, 0.29) is 0 Å². The maximum atomic E-state index is 5.91. The first-order chi connectivity index (χ1) is 11.8. The van der Waals surface area contributed by atoms with Crippen molar-refractivity contribution in [3.8, 4) is 11.5 Å². The summed E-state index contributed by atoms with van der Waals surface area (Å²) in [6.45, 7) is 2.85. The summed E-state index contributed by atoms with van der Waals surface area (Å²) >= 11 is 0. The second kappa shape index (κ2) is 6.20. The van der Waals surface area contributed by atoms with Crippen LogP contribution in [0.3, 0.4) is 0 Å². The van der Waals surface area contributed by atoms with E-state index in [1.54, 1.807) is 0 Å². The minimum Gasteiger partial charge on any atom is -0.436 e. The van der Waals surface area contributed by atoms with Crippen molar-refractivity contribution in [2.45, 2.75) is 13.5 Å². The first-order valence-corrected chi connectivity index (χ1v) is 8.04. The van der Waals surface area contributed by atoms with Crippen molar-refractivity contribution in [2.24, 2.45) is 0 Å². The van der Waals surface area contributed by atoms with E-state index >= 15 is 0 Å². The van der Waals surface area contributed by atoms with Crippen LogP contribution in [-0.4, -0.2) is 4.98 Å². The number of benzene rings is 3. The van der Waals surface area contributed by atoms with E-state index in [4.69, 9.17) is 4.42 Å². The van der Waals surface area contributed by atoms with Crippen molar-refractivity contribution >= 4 is 16.8 Å². The van der Waals surface area contributed by atoms with Gasteiger partial charge in [-0.3, -0.25) is 0 Å². The van der Waals surface area contributed by atoms with E-state index in [2.05, 4.69) is 35.4 Å². The normalized spacial score (nSPS) is 10.9. The van der Waals surface area contributed by atoms with Crippen LogP contribution in [0.4, 0.5) is 5.69 Å². The SMILES string of the molecule is Cc1ccccc1-c1nc2cc(NCc3ccccc3)ccc2o1. The first-order valence-electron chi connectivity index (χ1n) is 8.04. The predicted molar refractivity (Wildman–Crippen MR) is 98.0 cm³/mol. The molecule has 24 heavy (non-hydrogen) atoms. The lowest BCUT2D eigenvalue weighted by Gasteiger charge is -2.05. The third-order valence-electron chi connectivity index (χ3n) is 4.10. The van der Waals surface area contributed by atoms with Crippen LogP contribution in [0.5, 0.6) is 0 Å². The number of anilines is 1. The first kappa shape index (κ1) is 14.5. The zero-order valence-electron chi connectivity index (χ0n) is 13.5. The fourth-order valence-electron chi connectivity index (χ4n) is 2.77. The minimum atomic E-state index is 0.670. The number of rotatable bonds is 4. The fourth-order valence-corrected chi connectivity index (χ4v) is 2.77. The van der Waals surface area contributed by atoms with Gasteiger partial charge in [-0.1, -0.05) is 48.5 Å². The van der Waals surface area contributed by atoms with Crippen molar-refractivity contribution in [3.05, 3.63) is 83.9 Å². The molecule has 0 aliphatic carbocycles. The van der Waals surface area contributed by atoms with Crippen LogP contribution in [0.25, 0.3) is 22.6 Å². The summed E-state index contributed by atoms with van der Waals surface area (Å²) in [4.78, 5) is 4.65. The smallest absolute Gasteiger partial charge is 0.227 e. The molecule has 1 N–H and O–H groups in total. The van der Waals surface area contributed by atoms with Crippen molar-refractivity contribution in [1.82, 2.24) is 4.98 Å². The number of aromatic nitrogens is 1. The Morgan fingerprint density at radius 1 is 0.917 bits per heavy atom. The minimum absolute atomic E-state index is 0.670. The summed E-state index contributed by atoms with van der Waals surface area (Å²) in [5.74, 6) is 0.670. The van der Waals surface area contributed by atoms with Gasteiger partial charge < -0.3 is 9.73 Å². The number of oxazole rings is 1. The summed E-state index contributed by atoms with van der Waals surface area (Å²) in [6, 6.07) is 24.5. The van der Waals surface area contributed by atoms with Gasteiger partial charge in [-0.2, -0.15) is 0 Å². The van der Waals surface area contributed by atoms with E-state index in [1.165, 1.54) is 5.56 Å². The molecular formula is C21H18N2O. The summed E-state index contributed by atoms with van der Waals surface area (Å²) in [6.07, 6.45) is 0. The highest BCUT2D eigenvalue weighted by Crippen LogP contribution is 2.28. The standard InChI is InChI=1S/C21H18N2O/c1-15-7-5-6-10-18(15)21-23-19-13-17(11-12-20(19)24-21)22-14-16-8-3-2-4-9-16/h2-13,22H,14H2,1H3. The molecule has 1 heterocycles. The van der Waals surface area contributed by atoms with Crippen molar-refractivity contribution in [1.29, 1.82) is 0 Å². The quantitative estimate of drug-likeness (QED) is 0.547. The second-order valence-electron chi connectivity index (χ2n) is 5.86. The van der Waals surface area contributed by atoms with Crippen LogP contribution in [0.2, 0.25) is 0 Å². The van der Waals surface area contributed by atoms with Crippen LogP contribution >= 0.6 is 0 Å². The molecule has 3 aromatic carbocycles. The second-order valence-corrected chi connectivity index (χ2v) is 5.86. The van der Waals surface area contributed by atoms with E-state index < -0.39 is 0 Å². The molecule has 0 spiro atoms.